The molecule has 1 aromatic carbocycles. The quantitative estimate of drug-likeness (QED) is 0.581. The molecule has 0 saturated carbocycles. The minimum absolute atomic E-state index is 0.0566. The van der Waals surface area contributed by atoms with E-state index in [-0.39, 0.29) is 17.4 Å². The number of benzene rings is 1. The fourth-order valence-corrected chi connectivity index (χ4v) is 1.25. The van der Waals surface area contributed by atoms with Gasteiger partial charge in [-0.15, -0.1) is 0 Å². The van der Waals surface area contributed by atoms with Crippen molar-refractivity contribution in [3.8, 4) is 11.4 Å². The van der Waals surface area contributed by atoms with E-state index in [0.29, 0.717) is 5.56 Å². The highest BCUT2D eigenvalue weighted by Gasteiger charge is 2.18. The Morgan fingerprint density at radius 3 is 2.81 bits per heavy atom. The highest BCUT2D eigenvalue weighted by molar-refractivity contribution is 5.67. The predicted octanol–water partition coefficient (Wildman–Crippen LogP) is 2.29. The Labute approximate surface area is 90.4 Å². The van der Waals surface area contributed by atoms with E-state index < -0.39 is 4.92 Å². The second-order valence-electron chi connectivity index (χ2n) is 2.93. The Hall–Kier alpha value is -2.50. The maximum atomic E-state index is 10.8. The maximum Gasteiger partial charge on any atom is 0.280 e. The second kappa shape index (κ2) is 3.93. The minimum Gasteiger partial charge on any atom is -0.334 e. The summed E-state index contributed by atoms with van der Waals surface area (Å²) in [4.78, 5) is 14.2. The van der Waals surface area contributed by atoms with Crippen LogP contribution in [0.1, 0.15) is 5.89 Å². The van der Waals surface area contributed by atoms with Crippen LogP contribution in [0, 0.1) is 10.1 Å². The largest absolute Gasteiger partial charge is 0.334 e. The molecule has 1 aromatic heterocycles. The Balaban J connectivity index is 2.54. The number of nitro benzene ring substituents is 1. The lowest BCUT2D eigenvalue weighted by molar-refractivity contribution is -0.384. The first-order valence-corrected chi connectivity index (χ1v) is 4.42. The summed E-state index contributed by atoms with van der Waals surface area (Å²) in [5.74, 6) is 0.412. The molecule has 0 atom stereocenters. The number of nitro groups is 1. The summed E-state index contributed by atoms with van der Waals surface area (Å²) in [6.07, 6.45) is 1.38. The van der Waals surface area contributed by atoms with Crippen molar-refractivity contribution in [2.45, 2.75) is 0 Å². The molecule has 0 saturated heterocycles. The zero-order valence-corrected chi connectivity index (χ0v) is 8.16. The fourth-order valence-electron chi connectivity index (χ4n) is 1.25. The van der Waals surface area contributed by atoms with Gasteiger partial charge in [0.25, 0.3) is 5.69 Å². The zero-order valence-electron chi connectivity index (χ0n) is 8.16. The van der Waals surface area contributed by atoms with Crippen LogP contribution in [0.15, 0.2) is 35.4 Å². The summed E-state index contributed by atoms with van der Waals surface area (Å²) in [6.45, 7) is 3.47. The lowest BCUT2D eigenvalue weighted by Crippen LogP contribution is -1.92. The minimum atomic E-state index is -0.487. The summed E-state index contributed by atoms with van der Waals surface area (Å²) in [7, 11) is 0. The van der Waals surface area contributed by atoms with E-state index in [1.54, 1.807) is 18.2 Å². The molecule has 0 fully saturated rings. The van der Waals surface area contributed by atoms with Crippen molar-refractivity contribution in [3.63, 3.8) is 0 Å². The summed E-state index contributed by atoms with van der Waals surface area (Å²) in [5, 5.41) is 14.4. The first-order valence-electron chi connectivity index (χ1n) is 4.42. The standard InChI is InChI=1S/C10H7N3O3/c1-2-9-11-10(12-16-9)7-5-3-4-6-8(7)13(14)15/h2-6H,1H2. The third kappa shape index (κ3) is 1.68. The number of aromatic nitrogens is 2. The summed E-state index contributed by atoms with van der Waals surface area (Å²) >= 11 is 0. The highest BCUT2D eigenvalue weighted by Crippen LogP contribution is 2.26. The van der Waals surface area contributed by atoms with E-state index in [1.165, 1.54) is 12.1 Å². The summed E-state index contributed by atoms with van der Waals surface area (Å²) in [6, 6.07) is 6.21. The van der Waals surface area contributed by atoms with E-state index in [9.17, 15) is 10.1 Å². The summed E-state index contributed by atoms with van der Waals surface area (Å²) < 4.78 is 4.80. The molecule has 0 unspecified atom stereocenters. The van der Waals surface area contributed by atoms with E-state index in [0.717, 1.165) is 0 Å². The SMILES string of the molecule is C=Cc1nc(-c2ccccc2[N+](=O)[O-])no1. The first kappa shape index (κ1) is 10.0. The van der Waals surface area contributed by atoms with Gasteiger partial charge in [-0.3, -0.25) is 10.1 Å². The van der Waals surface area contributed by atoms with Crippen molar-refractivity contribution in [1.82, 2.24) is 10.1 Å². The normalized spacial score (nSPS) is 10.0. The third-order valence-corrected chi connectivity index (χ3v) is 1.96. The predicted molar refractivity (Wildman–Crippen MR) is 56.5 cm³/mol. The lowest BCUT2D eigenvalue weighted by Gasteiger charge is -1.95. The fraction of sp³-hybridized carbons (Fsp3) is 0. The molecule has 2 aromatic rings. The first-order chi connectivity index (χ1) is 7.72. The molecule has 0 spiro atoms. The molecule has 0 aliphatic carbocycles. The van der Waals surface area contributed by atoms with Crippen molar-refractivity contribution < 1.29 is 9.45 Å². The molecule has 6 heteroatoms. The van der Waals surface area contributed by atoms with Gasteiger partial charge in [0, 0.05) is 6.07 Å². The van der Waals surface area contributed by atoms with Crippen LogP contribution in [0.25, 0.3) is 17.5 Å². The lowest BCUT2D eigenvalue weighted by atomic mass is 10.2. The summed E-state index contributed by atoms with van der Waals surface area (Å²) in [5.41, 5.74) is 0.267. The average molecular weight is 217 g/mol. The van der Waals surface area contributed by atoms with Crippen molar-refractivity contribution in [1.29, 1.82) is 0 Å². The molecular weight excluding hydrogens is 210 g/mol. The molecule has 0 amide bonds. The van der Waals surface area contributed by atoms with Gasteiger partial charge >= 0.3 is 0 Å². The van der Waals surface area contributed by atoms with E-state index in [4.69, 9.17) is 4.52 Å². The molecule has 0 N–H and O–H groups in total. The van der Waals surface area contributed by atoms with E-state index in [2.05, 4.69) is 16.7 Å². The van der Waals surface area contributed by atoms with Gasteiger partial charge in [-0.25, -0.2) is 0 Å². The van der Waals surface area contributed by atoms with Gasteiger partial charge in [-0.05, 0) is 12.1 Å². The van der Waals surface area contributed by atoms with Crippen LogP contribution >= 0.6 is 0 Å². The number of nitrogens with zero attached hydrogens (tertiary/aromatic N) is 3. The van der Waals surface area contributed by atoms with E-state index in [1.807, 2.05) is 0 Å². The molecule has 1 heterocycles. The van der Waals surface area contributed by atoms with E-state index >= 15 is 0 Å². The molecule has 0 bridgehead atoms. The van der Waals surface area contributed by atoms with Gasteiger partial charge < -0.3 is 4.52 Å². The van der Waals surface area contributed by atoms with Crippen LogP contribution in [-0.4, -0.2) is 15.1 Å². The van der Waals surface area contributed by atoms with Crippen LogP contribution in [-0.2, 0) is 0 Å². The van der Waals surface area contributed by atoms with Crippen LogP contribution in [0.2, 0.25) is 0 Å². The van der Waals surface area contributed by atoms with Crippen molar-refractivity contribution in [3.05, 3.63) is 46.8 Å². The topological polar surface area (TPSA) is 82.1 Å². The van der Waals surface area contributed by atoms with Gasteiger partial charge in [-0.2, -0.15) is 4.98 Å². The van der Waals surface area contributed by atoms with Gasteiger partial charge in [0.2, 0.25) is 11.7 Å². The Morgan fingerprint density at radius 1 is 1.44 bits per heavy atom. The van der Waals surface area contributed by atoms with Crippen molar-refractivity contribution in [2.75, 3.05) is 0 Å². The van der Waals surface area contributed by atoms with Crippen LogP contribution < -0.4 is 0 Å². The Morgan fingerprint density at radius 2 is 2.19 bits per heavy atom. The molecule has 2 rings (SSSR count). The number of hydrogen-bond donors (Lipinski definition) is 0. The average Bonchev–Trinajstić information content (AvgIpc) is 2.77. The van der Waals surface area contributed by atoms with Gasteiger partial charge in [0.15, 0.2) is 0 Å². The molecule has 16 heavy (non-hydrogen) atoms. The third-order valence-electron chi connectivity index (χ3n) is 1.96. The number of rotatable bonds is 3. The molecule has 80 valence electrons. The number of hydrogen-bond acceptors (Lipinski definition) is 5. The molecule has 6 nitrogen and oxygen atoms in total. The van der Waals surface area contributed by atoms with Crippen molar-refractivity contribution in [2.24, 2.45) is 0 Å². The molecule has 0 radical (unpaired) electrons. The monoisotopic (exact) mass is 217 g/mol. The van der Waals surface area contributed by atoms with Crippen molar-refractivity contribution >= 4 is 11.8 Å². The van der Waals surface area contributed by atoms with Gasteiger partial charge in [-0.1, -0.05) is 23.9 Å². The molecular formula is C10H7N3O3. The van der Waals surface area contributed by atoms with Crippen LogP contribution in [0.4, 0.5) is 5.69 Å². The Bertz CT molecular complexity index is 548. The van der Waals surface area contributed by atoms with Gasteiger partial charge in [0.1, 0.15) is 5.56 Å². The zero-order chi connectivity index (χ0) is 11.5. The van der Waals surface area contributed by atoms with Crippen LogP contribution in [0.5, 0.6) is 0 Å². The number of para-hydroxylation sites is 1. The Kier molecular flexibility index (Phi) is 2.47. The smallest absolute Gasteiger partial charge is 0.280 e. The molecule has 0 aliphatic heterocycles. The van der Waals surface area contributed by atoms with Crippen LogP contribution in [0.3, 0.4) is 0 Å². The molecule has 0 aliphatic rings. The highest BCUT2D eigenvalue weighted by atomic mass is 16.6. The second-order valence-corrected chi connectivity index (χ2v) is 2.93. The maximum absolute atomic E-state index is 10.8. The van der Waals surface area contributed by atoms with Gasteiger partial charge in [0.05, 0.1) is 4.92 Å².